The molecule has 0 radical (unpaired) electrons. The Morgan fingerprint density at radius 3 is 2.72 bits per heavy atom. The standard InChI is InChI=1S/C14H23N3O/c1-4-16-14(18)10-17(3)9-13-6-5-12(8-15)7-11(13)2/h5-7H,4,8-10,15H2,1-3H3,(H,16,18). The van der Waals surface area contributed by atoms with Crippen LogP contribution in [0.15, 0.2) is 18.2 Å². The van der Waals surface area contributed by atoms with Crippen LogP contribution in [0.2, 0.25) is 0 Å². The lowest BCUT2D eigenvalue weighted by molar-refractivity contribution is -0.121. The number of aryl methyl sites for hydroxylation is 1. The van der Waals surface area contributed by atoms with Gasteiger partial charge >= 0.3 is 0 Å². The number of hydrogen-bond acceptors (Lipinski definition) is 3. The molecule has 1 aromatic carbocycles. The van der Waals surface area contributed by atoms with Gasteiger partial charge in [0.2, 0.25) is 5.91 Å². The first-order valence-corrected chi connectivity index (χ1v) is 6.30. The third-order valence-electron chi connectivity index (χ3n) is 2.87. The predicted molar refractivity (Wildman–Crippen MR) is 74.1 cm³/mol. The highest BCUT2D eigenvalue weighted by Gasteiger charge is 2.07. The molecule has 0 unspecified atom stereocenters. The lowest BCUT2D eigenvalue weighted by Crippen LogP contribution is -2.34. The van der Waals surface area contributed by atoms with Crippen molar-refractivity contribution in [3.63, 3.8) is 0 Å². The van der Waals surface area contributed by atoms with Crippen LogP contribution in [0, 0.1) is 6.92 Å². The van der Waals surface area contributed by atoms with Gasteiger partial charge in [0, 0.05) is 19.6 Å². The number of carbonyl (C=O) groups is 1. The maximum Gasteiger partial charge on any atom is 0.234 e. The second kappa shape index (κ2) is 7.13. The van der Waals surface area contributed by atoms with Gasteiger partial charge in [-0.25, -0.2) is 0 Å². The van der Waals surface area contributed by atoms with Crippen molar-refractivity contribution in [3.8, 4) is 0 Å². The number of likely N-dealkylation sites (N-methyl/N-ethyl adjacent to an activating group) is 2. The highest BCUT2D eigenvalue weighted by molar-refractivity contribution is 5.77. The van der Waals surface area contributed by atoms with Crippen molar-refractivity contribution < 1.29 is 4.79 Å². The third kappa shape index (κ3) is 4.47. The van der Waals surface area contributed by atoms with Crippen LogP contribution in [0.3, 0.4) is 0 Å². The summed E-state index contributed by atoms with van der Waals surface area (Å²) in [6.07, 6.45) is 0. The minimum Gasteiger partial charge on any atom is -0.355 e. The Hall–Kier alpha value is -1.39. The molecule has 0 bridgehead atoms. The first-order valence-electron chi connectivity index (χ1n) is 6.30. The van der Waals surface area contributed by atoms with E-state index < -0.39 is 0 Å². The van der Waals surface area contributed by atoms with E-state index in [-0.39, 0.29) is 5.91 Å². The zero-order chi connectivity index (χ0) is 13.5. The molecule has 0 aliphatic heterocycles. The maximum absolute atomic E-state index is 11.5. The molecule has 1 amide bonds. The summed E-state index contributed by atoms with van der Waals surface area (Å²) in [5.41, 5.74) is 9.21. The molecule has 4 heteroatoms. The van der Waals surface area contributed by atoms with E-state index in [0.717, 1.165) is 12.1 Å². The van der Waals surface area contributed by atoms with E-state index in [1.165, 1.54) is 11.1 Å². The maximum atomic E-state index is 11.5. The van der Waals surface area contributed by atoms with Crippen molar-refractivity contribution >= 4 is 5.91 Å². The van der Waals surface area contributed by atoms with E-state index in [1.54, 1.807) is 0 Å². The second-order valence-electron chi connectivity index (χ2n) is 4.59. The molecule has 4 nitrogen and oxygen atoms in total. The lowest BCUT2D eigenvalue weighted by Gasteiger charge is -2.17. The van der Waals surface area contributed by atoms with E-state index in [2.05, 4.69) is 24.4 Å². The fourth-order valence-corrected chi connectivity index (χ4v) is 1.91. The van der Waals surface area contributed by atoms with Gasteiger partial charge in [-0.1, -0.05) is 18.2 Å². The van der Waals surface area contributed by atoms with E-state index >= 15 is 0 Å². The van der Waals surface area contributed by atoms with Crippen LogP contribution in [-0.4, -0.2) is 30.9 Å². The van der Waals surface area contributed by atoms with Crippen LogP contribution in [0.1, 0.15) is 23.6 Å². The molecule has 1 aromatic rings. The van der Waals surface area contributed by atoms with Gasteiger partial charge in [0.05, 0.1) is 6.54 Å². The van der Waals surface area contributed by atoms with E-state index in [4.69, 9.17) is 5.73 Å². The van der Waals surface area contributed by atoms with Gasteiger partial charge in [0.1, 0.15) is 0 Å². The first-order chi connectivity index (χ1) is 8.56. The Kier molecular flexibility index (Phi) is 5.82. The molecule has 3 N–H and O–H groups in total. The minimum atomic E-state index is 0.0660. The molecule has 0 fully saturated rings. The Morgan fingerprint density at radius 1 is 1.44 bits per heavy atom. The van der Waals surface area contributed by atoms with Crippen LogP contribution < -0.4 is 11.1 Å². The van der Waals surface area contributed by atoms with E-state index in [1.807, 2.05) is 24.9 Å². The SMILES string of the molecule is CCNC(=O)CN(C)Cc1ccc(CN)cc1C. The van der Waals surface area contributed by atoms with Crippen molar-refractivity contribution in [1.82, 2.24) is 10.2 Å². The van der Waals surface area contributed by atoms with Crippen molar-refractivity contribution in [2.45, 2.75) is 26.9 Å². The van der Waals surface area contributed by atoms with Crippen LogP contribution in [0.5, 0.6) is 0 Å². The number of amides is 1. The molecule has 0 saturated carbocycles. The molecule has 0 saturated heterocycles. The number of hydrogen-bond donors (Lipinski definition) is 2. The van der Waals surface area contributed by atoms with Crippen molar-refractivity contribution in [2.75, 3.05) is 20.1 Å². The Labute approximate surface area is 109 Å². The fraction of sp³-hybridized carbons (Fsp3) is 0.500. The van der Waals surface area contributed by atoms with Crippen LogP contribution in [-0.2, 0) is 17.9 Å². The Balaban J connectivity index is 2.59. The highest BCUT2D eigenvalue weighted by atomic mass is 16.1. The van der Waals surface area contributed by atoms with Gasteiger partial charge in [0.25, 0.3) is 0 Å². The zero-order valence-corrected chi connectivity index (χ0v) is 11.5. The summed E-state index contributed by atoms with van der Waals surface area (Å²) < 4.78 is 0. The van der Waals surface area contributed by atoms with Crippen molar-refractivity contribution in [2.24, 2.45) is 5.73 Å². The molecular weight excluding hydrogens is 226 g/mol. The summed E-state index contributed by atoms with van der Waals surface area (Å²) in [5, 5.41) is 2.80. The van der Waals surface area contributed by atoms with Gasteiger partial charge in [-0.3, -0.25) is 9.69 Å². The van der Waals surface area contributed by atoms with Crippen LogP contribution in [0.25, 0.3) is 0 Å². The summed E-state index contributed by atoms with van der Waals surface area (Å²) >= 11 is 0. The van der Waals surface area contributed by atoms with Gasteiger partial charge in [-0.2, -0.15) is 0 Å². The first kappa shape index (κ1) is 14.7. The zero-order valence-electron chi connectivity index (χ0n) is 11.5. The summed E-state index contributed by atoms with van der Waals surface area (Å²) in [7, 11) is 1.95. The van der Waals surface area contributed by atoms with Gasteiger partial charge in [0.15, 0.2) is 0 Å². The summed E-state index contributed by atoms with van der Waals surface area (Å²) in [5.74, 6) is 0.0660. The molecule has 1 rings (SSSR count). The normalized spacial score (nSPS) is 10.7. The second-order valence-corrected chi connectivity index (χ2v) is 4.59. The monoisotopic (exact) mass is 249 g/mol. The third-order valence-corrected chi connectivity index (χ3v) is 2.87. The minimum absolute atomic E-state index is 0.0660. The molecule has 0 aliphatic rings. The van der Waals surface area contributed by atoms with Crippen molar-refractivity contribution in [1.29, 1.82) is 0 Å². The molecule has 0 heterocycles. The average molecular weight is 249 g/mol. The molecular formula is C14H23N3O. The van der Waals surface area contributed by atoms with Crippen LogP contribution >= 0.6 is 0 Å². The Bertz CT molecular complexity index is 404. The fourth-order valence-electron chi connectivity index (χ4n) is 1.91. The molecule has 18 heavy (non-hydrogen) atoms. The number of rotatable bonds is 6. The topological polar surface area (TPSA) is 58.4 Å². The predicted octanol–water partition coefficient (Wildman–Crippen LogP) is 1.02. The molecule has 100 valence electrons. The van der Waals surface area contributed by atoms with Crippen molar-refractivity contribution in [3.05, 3.63) is 34.9 Å². The largest absolute Gasteiger partial charge is 0.355 e. The number of nitrogens with one attached hydrogen (secondary N) is 1. The molecule has 0 aliphatic carbocycles. The van der Waals surface area contributed by atoms with E-state index in [0.29, 0.717) is 19.6 Å². The molecule has 0 atom stereocenters. The Morgan fingerprint density at radius 2 is 2.17 bits per heavy atom. The van der Waals surface area contributed by atoms with Gasteiger partial charge < -0.3 is 11.1 Å². The average Bonchev–Trinajstić information content (AvgIpc) is 2.31. The van der Waals surface area contributed by atoms with Crippen LogP contribution in [0.4, 0.5) is 0 Å². The lowest BCUT2D eigenvalue weighted by atomic mass is 10.0. The number of nitrogens with two attached hydrogens (primary N) is 1. The quantitative estimate of drug-likeness (QED) is 0.791. The summed E-state index contributed by atoms with van der Waals surface area (Å²) in [6, 6.07) is 6.24. The summed E-state index contributed by atoms with van der Waals surface area (Å²) in [6.45, 7) is 6.44. The highest BCUT2D eigenvalue weighted by Crippen LogP contribution is 2.12. The van der Waals surface area contributed by atoms with Gasteiger partial charge in [-0.15, -0.1) is 0 Å². The number of carbonyl (C=O) groups excluding carboxylic acids is 1. The smallest absolute Gasteiger partial charge is 0.234 e. The number of nitrogens with zero attached hydrogens (tertiary/aromatic N) is 1. The van der Waals surface area contributed by atoms with Gasteiger partial charge in [-0.05, 0) is 37.6 Å². The molecule has 0 aromatic heterocycles. The molecule has 0 spiro atoms. The van der Waals surface area contributed by atoms with E-state index in [9.17, 15) is 4.79 Å². The summed E-state index contributed by atoms with van der Waals surface area (Å²) in [4.78, 5) is 13.5. The number of benzene rings is 1.